The molecule has 0 heterocycles. The number of rotatable bonds is 4. The lowest BCUT2D eigenvalue weighted by atomic mass is 9.64. The van der Waals surface area contributed by atoms with Crippen molar-refractivity contribution in [3.05, 3.63) is 34.9 Å². The SMILES string of the molecule is CNC1CC(C)CCC1C(C)(C)Cc1ccc(C)c(C)c1. The van der Waals surface area contributed by atoms with E-state index in [0.717, 1.165) is 11.8 Å². The summed E-state index contributed by atoms with van der Waals surface area (Å²) in [6.45, 7) is 11.8. The summed E-state index contributed by atoms with van der Waals surface area (Å²) in [5, 5.41) is 3.60. The molecular formula is C20H33N. The molecule has 1 aromatic carbocycles. The Balaban J connectivity index is 2.14. The topological polar surface area (TPSA) is 12.0 Å². The lowest BCUT2D eigenvalue weighted by Gasteiger charge is -2.44. The molecule has 21 heavy (non-hydrogen) atoms. The van der Waals surface area contributed by atoms with Crippen LogP contribution < -0.4 is 5.32 Å². The average Bonchev–Trinajstić information content (AvgIpc) is 2.42. The maximum absolute atomic E-state index is 3.60. The van der Waals surface area contributed by atoms with E-state index >= 15 is 0 Å². The first-order valence-electron chi connectivity index (χ1n) is 8.57. The molecule has 0 aliphatic heterocycles. The zero-order valence-corrected chi connectivity index (χ0v) is 14.8. The number of aryl methyl sites for hydroxylation is 2. The first kappa shape index (κ1) is 16.5. The highest BCUT2D eigenvalue weighted by Gasteiger charge is 2.38. The van der Waals surface area contributed by atoms with Gasteiger partial charge in [0.1, 0.15) is 0 Å². The van der Waals surface area contributed by atoms with Gasteiger partial charge in [-0.2, -0.15) is 0 Å². The van der Waals surface area contributed by atoms with Crippen LogP contribution in [-0.2, 0) is 6.42 Å². The second-order valence-corrected chi connectivity index (χ2v) is 8.00. The summed E-state index contributed by atoms with van der Waals surface area (Å²) in [6.07, 6.45) is 5.27. The van der Waals surface area contributed by atoms with Gasteiger partial charge in [-0.05, 0) is 74.1 Å². The smallest absolute Gasteiger partial charge is 0.0100 e. The monoisotopic (exact) mass is 287 g/mol. The summed E-state index contributed by atoms with van der Waals surface area (Å²) in [5.74, 6) is 1.65. The molecule has 0 spiro atoms. The van der Waals surface area contributed by atoms with Gasteiger partial charge < -0.3 is 5.32 Å². The second kappa shape index (κ2) is 6.52. The minimum atomic E-state index is 0.357. The highest BCUT2D eigenvalue weighted by molar-refractivity contribution is 5.30. The largest absolute Gasteiger partial charge is 0.317 e. The molecule has 2 rings (SSSR count). The van der Waals surface area contributed by atoms with E-state index in [1.807, 2.05) is 0 Å². The molecule has 0 bridgehead atoms. The van der Waals surface area contributed by atoms with Crippen LogP contribution in [0.1, 0.15) is 56.7 Å². The van der Waals surface area contributed by atoms with Gasteiger partial charge in [0.25, 0.3) is 0 Å². The molecule has 0 aromatic heterocycles. The maximum atomic E-state index is 3.60. The Kier molecular flexibility index (Phi) is 5.14. The summed E-state index contributed by atoms with van der Waals surface area (Å²) < 4.78 is 0. The highest BCUT2D eigenvalue weighted by Crippen LogP contribution is 2.42. The molecular weight excluding hydrogens is 254 g/mol. The molecule has 3 atom stereocenters. The molecule has 1 fully saturated rings. The quantitative estimate of drug-likeness (QED) is 0.831. The summed E-state index contributed by atoms with van der Waals surface area (Å²) in [6, 6.07) is 7.66. The fourth-order valence-electron chi connectivity index (χ4n) is 4.21. The summed E-state index contributed by atoms with van der Waals surface area (Å²) >= 11 is 0. The van der Waals surface area contributed by atoms with Gasteiger partial charge in [-0.25, -0.2) is 0 Å². The lowest BCUT2D eigenvalue weighted by Crippen LogP contribution is -2.46. The van der Waals surface area contributed by atoms with E-state index in [1.54, 1.807) is 0 Å². The molecule has 1 saturated carbocycles. The van der Waals surface area contributed by atoms with Crippen molar-refractivity contribution in [2.75, 3.05) is 7.05 Å². The van der Waals surface area contributed by atoms with Crippen LogP contribution in [0.25, 0.3) is 0 Å². The van der Waals surface area contributed by atoms with Crippen molar-refractivity contribution >= 4 is 0 Å². The molecule has 1 aliphatic carbocycles. The van der Waals surface area contributed by atoms with Crippen LogP contribution in [0.3, 0.4) is 0 Å². The van der Waals surface area contributed by atoms with Gasteiger partial charge in [0.15, 0.2) is 0 Å². The predicted octanol–water partition coefficient (Wildman–Crippen LogP) is 4.90. The average molecular weight is 287 g/mol. The Bertz CT molecular complexity index is 475. The van der Waals surface area contributed by atoms with Gasteiger partial charge in [0.2, 0.25) is 0 Å². The Morgan fingerprint density at radius 1 is 1.14 bits per heavy atom. The van der Waals surface area contributed by atoms with Crippen molar-refractivity contribution in [1.29, 1.82) is 0 Å². The van der Waals surface area contributed by atoms with Gasteiger partial charge in [0, 0.05) is 6.04 Å². The number of hydrogen-bond acceptors (Lipinski definition) is 1. The molecule has 0 radical (unpaired) electrons. The molecule has 118 valence electrons. The van der Waals surface area contributed by atoms with Crippen LogP contribution in [0.5, 0.6) is 0 Å². The van der Waals surface area contributed by atoms with E-state index in [2.05, 4.69) is 65.2 Å². The molecule has 3 unspecified atom stereocenters. The third-order valence-electron chi connectivity index (χ3n) is 5.72. The van der Waals surface area contributed by atoms with Crippen LogP contribution in [0.15, 0.2) is 18.2 Å². The van der Waals surface area contributed by atoms with Gasteiger partial charge in [-0.1, -0.05) is 45.4 Å². The van der Waals surface area contributed by atoms with Gasteiger partial charge in [-0.15, -0.1) is 0 Å². The van der Waals surface area contributed by atoms with Crippen molar-refractivity contribution in [3.63, 3.8) is 0 Å². The lowest BCUT2D eigenvalue weighted by molar-refractivity contribution is 0.0980. The number of hydrogen-bond donors (Lipinski definition) is 1. The first-order chi connectivity index (χ1) is 9.83. The van der Waals surface area contributed by atoms with Crippen molar-refractivity contribution in [2.45, 2.75) is 66.3 Å². The van der Waals surface area contributed by atoms with Crippen LogP contribution in [0.4, 0.5) is 0 Å². The molecule has 1 N–H and O–H groups in total. The summed E-state index contributed by atoms with van der Waals surface area (Å²) in [5.41, 5.74) is 4.67. The maximum Gasteiger partial charge on any atom is 0.0100 e. The highest BCUT2D eigenvalue weighted by atomic mass is 14.9. The molecule has 0 amide bonds. The zero-order valence-electron chi connectivity index (χ0n) is 14.8. The van der Waals surface area contributed by atoms with E-state index in [1.165, 1.54) is 42.4 Å². The van der Waals surface area contributed by atoms with Crippen molar-refractivity contribution in [1.82, 2.24) is 5.32 Å². The summed E-state index contributed by atoms with van der Waals surface area (Å²) in [4.78, 5) is 0. The van der Waals surface area contributed by atoms with Crippen molar-refractivity contribution in [3.8, 4) is 0 Å². The Morgan fingerprint density at radius 3 is 2.48 bits per heavy atom. The van der Waals surface area contributed by atoms with Crippen LogP contribution in [0.2, 0.25) is 0 Å². The van der Waals surface area contributed by atoms with Gasteiger partial charge >= 0.3 is 0 Å². The van der Waals surface area contributed by atoms with Crippen molar-refractivity contribution < 1.29 is 0 Å². The fraction of sp³-hybridized carbons (Fsp3) is 0.700. The second-order valence-electron chi connectivity index (χ2n) is 8.00. The van der Waals surface area contributed by atoms with E-state index in [9.17, 15) is 0 Å². The third kappa shape index (κ3) is 3.88. The van der Waals surface area contributed by atoms with Crippen LogP contribution in [0, 0.1) is 31.1 Å². The normalized spacial score (nSPS) is 26.9. The number of benzene rings is 1. The standard InChI is InChI=1S/C20H33N/c1-14-7-10-18(19(11-14)21-6)20(4,5)13-17-9-8-15(2)16(3)12-17/h8-9,12,14,18-19,21H,7,10-11,13H2,1-6H3. The van der Waals surface area contributed by atoms with Crippen LogP contribution >= 0.6 is 0 Å². The molecule has 1 aromatic rings. The van der Waals surface area contributed by atoms with Gasteiger partial charge in [-0.3, -0.25) is 0 Å². The van der Waals surface area contributed by atoms with E-state index < -0.39 is 0 Å². The van der Waals surface area contributed by atoms with E-state index in [-0.39, 0.29) is 0 Å². The molecule has 1 nitrogen and oxygen atoms in total. The zero-order chi connectivity index (χ0) is 15.6. The van der Waals surface area contributed by atoms with Gasteiger partial charge in [0.05, 0.1) is 0 Å². The molecule has 1 heteroatoms. The van der Waals surface area contributed by atoms with Crippen LogP contribution in [-0.4, -0.2) is 13.1 Å². The van der Waals surface area contributed by atoms with E-state index in [4.69, 9.17) is 0 Å². The molecule has 1 aliphatic rings. The Hall–Kier alpha value is -0.820. The fourth-order valence-corrected chi connectivity index (χ4v) is 4.21. The first-order valence-corrected chi connectivity index (χ1v) is 8.57. The third-order valence-corrected chi connectivity index (χ3v) is 5.72. The Labute approximate surface area is 131 Å². The predicted molar refractivity (Wildman–Crippen MR) is 92.8 cm³/mol. The van der Waals surface area contributed by atoms with E-state index in [0.29, 0.717) is 11.5 Å². The molecule has 0 saturated heterocycles. The minimum absolute atomic E-state index is 0.357. The van der Waals surface area contributed by atoms with Crippen molar-refractivity contribution in [2.24, 2.45) is 17.3 Å². The number of nitrogens with one attached hydrogen (secondary N) is 1. The minimum Gasteiger partial charge on any atom is -0.317 e. The summed E-state index contributed by atoms with van der Waals surface area (Å²) in [7, 11) is 2.14. The Morgan fingerprint density at radius 2 is 1.86 bits per heavy atom.